The second-order valence-electron chi connectivity index (χ2n) is 7.14. The second-order valence-corrected chi connectivity index (χ2v) is 9.14. The molecule has 0 spiro atoms. The number of carbonyl (C=O) groups is 2. The number of amides is 1. The van der Waals surface area contributed by atoms with Crippen LogP contribution in [0.15, 0.2) is 22.6 Å². The van der Waals surface area contributed by atoms with E-state index >= 15 is 0 Å². The third-order valence-corrected chi connectivity index (χ3v) is 7.00. The number of nitrogens with one attached hydrogen (secondary N) is 1. The molecule has 1 aliphatic carbocycles. The number of fused-ring (bicyclic) bond motifs is 3. The van der Waals surface area contributed by atoms with E-state index < -0.39 is 5.97 Å². The van der Waals surface area contributed by atoms with E-state index in [0.29, 0.717) is 21.9 Å². The number of carbonyl (C=O) groups excluding carboxylic acids is 2. The molecule has 3 aromatic rings. The van der Waals surface area contributed by atoms with Crippen molar-refractivity contribution in [3.05, 3.63) is 44.1 Å². The first-order valence-electron chi connectivity index (χ1n) is 9.52. The van der Waals surface area contributed by atoms with Crippen molar-refractivity contribution in [2.45, 2.75) is 39.7 Å². The highest BCUT2D eigenvalue weighted by Crippen LogP contribution is 2.35. The molecule has 1 atom stereocenters. The van der Waals surface area contributed by atoms with Crippen molar-refractivity contribution >= 4 is 49.8 Å². The van der Waals surface area contributed by atoms with Gasteiger partial charge in [0.05, 0.1) is 23.9 Å². The summed E-state index contributed by atoms with van der Waals surface area (Å²) in [4.78, 5) is 43.9. The molecule has 0 aromatic carbocycles. The van der Waals surface area contributed by atoms with Crippen molar-refractivity contribution in [2.75, 3.05) is 11.9 Å². The molecule has 4 rings (SSSR count). The molecule has 0 saturated carbocycles. The van der Waals surface area contributed by atoms with Gasteiger partial charge in [0.1, 0.15) is 16.4 Å². The first-order chi connectivity index (χ1) is 14.0. The van der Waals surface area contributed by atoms with Gasteiger partial charge in [-0.1, -0.05) is 6.92 Å². The second kappa shape index (κ2) is 8.08. The van der Waals surface area contributed by atoms with Gasteiger partial charge in [0, 0.05) is 4.88 Å². The molecular weight excluding hydrogens is 410 g/mol. The highest BCUT2D eigenvalue weighted by atomic mass is 32.1. The Morgan fingerprint density at radius 3 is 3.03 bits per heavy atom. The highest BCUT2D eigenvalue weighted by molar-refractivity contribution is 7.18. The predicted octanol–water partition coefficient (Wildman–Crippen LogP) is 3.46. The van der Waals surface area contributed by atoms with E-state index in [9.17, 15) is 14.4 Å². The van der Waals surface area contributed by atoms with Gasteiger partial charge in [-0.15, -0.1) is 22.7 Å². The SMILES string of the molecule is CCOC(=O)c1ccsc1NC(=O)Cn1cnc2sc3c(c2c1=O)CCC(C)C3. The van der Waals surface area contributed by atoms with Crippen LogP contribution in [0.4, 0.5) is 5.00 Å². The van der Waals surface area contributed by atoms with Gasteiger partial charge >= 0.3 is 5.97 Å². The van der Waals surface area contributed by atoms with E-state index in [1.807, 2.05) is 0 Å². The predicted molar refractivity (Wildman–Crippen MR) is 114 cm³/mol. The standard InChI is InChI=1S/C20H21N3O4S2/c1-3-27-20(26)13-6-7-28-17(13)22-15(24)9-23-10-21-18-16(19(23)25)12-5-4-11(2)8-14(12)29-18/h6-7,10-11H,3-5,8-9H2,1-2H3,(H,22,24). The highest BCUT2D eigenvalue weighted by Gasteiger charge is 2.23. The Labute approximate surface area is 175 Å². The first-order valence-corrected chi connectivity index (χ1v) is 11.2. The third kappa shape index (κ3) is 3.84. The number of aromatic nitrogens is 2. The maximum atomic E-state index is 13.0. The zero-order valence-corrected chi connectivity index (χ0v) is 17.8. The summed E-state index contributed by atoms with van der Waals surface area (Å²) in [5.41, 5.74) is 1.22. The Kier molecular flexibility index (Phi) is 5.51. The van der Waals surface area contributed by atoms with Crippen LogP contribution in [0, 0.1) is 5.92 Å². The maximum Gasteiger partial charge on any atom is 0.341 e. The quantitative estimate of drug-likeness (QED) is 0.625. The van der Waals surface area contributed by atoms with Crippen molar-refractivity contribution in [2.24, 2.45) is 5.92 Å². The van der Waals surface area contributed by atoms with E-state index in [0.717, 1.165) is 29.7 Å². The molecule has 0 radical (unpaired) electrons. The summed E-state index contributed by atoms with van der Waals surface area (Å²) in [5, 5.41) is 5.48. The average Bonchev–Trinajstić information content (AvgIpc) is 3.28. The van der Waals surface area contributed by atoms with Gasteiger partial charge in [-0.3, -0.25) is 14.2 Å². The van der Waals surface area contributed by atoms with Crippen LogP contribution in [0.3, 0.4) is 0 Å². The van der Waals surface area contributed by atoms with Crippen LogP contribution in [0.5, 0.6) is 0 Å². The number of nitrogens with zero attached hydrogens (tertiary/aromatic N) is 2. The van der Waals surface area contributed by atoms with Gasteiger partial charge in [-0.2, -0.15) is 0 Å². The summed E-state index contributed by atoms with van der Waals surface area (Å²) in [6.07, 6.45) is 4.34. The summed E-state index contributed by atoms with van der Waals surface area (Å²) >= 11 is 2.82. The Morgan fingerprint density at radius 2 is 2.24 bits per heavy atom. The Bertz CT molecular complexity index is 1140. The largest absolute Gasteiger partial charge is 0.462 e. The summed E-state index contributed by atoms with van der Waals surface area (Å²) in [6.45, 7) is 4.04. The van der Waals surface area contributed by atoms with E-state index in [1.54, 1.807) is 29.7 Å². The molecule has 9 heteroatoms. The van der Waals surface area contributed by atoms with Crippen molar-refractivity contribution in [1.82, 2.24) is 9.55 Å². The fraction of sp³-hybridized carbons (Fsp3) is 0.400. The van der Waals surface area contributed by atoms with Crippen molar-refractivity contribution in [1.29, 1.82) is 0 Å². The number of ether oxygens (including phenoxy) is 1. The normalized spacial score (nSPS) is 15.9. The van der Waals surface area contributed by atoms with Gasteiger partial charge in [-0.25, -0.2) is 9.78 Å². The van der Waals surface area contributed by atoms with Crippen LogP contribution < -0.4 is 10.9 Å². The Hall–Kier alpha value is -2.52. The fourth-order valence-electron chi connectivity index (χ4n) is 3.58. The lowest BCUT2D eigenvalue weighted by Crippen LogP contribution is -2.28. The van der Waals surface area contributed by atoms with Crippen LogP contribution in [-0.4, -0.2) is 28.0 Å². The average molecular weight is 432 g/mol. The zero-order chi connectivity index (χ0) is 20.5. The molecule has 0 saturated heterocycles. The number of thiophene rings is 2. The lowest BCUT2D eigenvalue weighted by Gasteiger charge is -2.17. The van der Waals surface area contributed by atoms with E-state index in [-0.39, 0.29) is 24.6 Å². The molecule has 1 aliphatic rings. The molecule has 0 bridgehead atoms. The van der Waals surface area contributed by atoms with Crippen LogP contribution >= 0.6 is 22.7 Å². The van der Waals surface area contributed by atoms with Crippen LogP contribution in [-0.2, 0) is 28.9 Å². The summed E-state index contributed by atoms with van der Waals surface area (Å²) in [6, 6.07) is 1.61. The number of hydrogen-bond donors (Lipinski definition) is 1. The molecule has 3 aromatic heterocycles. The van der Waals surface area contributed by atoms with Gasteiger partial charge in [0.15, 0.2) is 0 Å². The number of aryl methyl sites for hydroxylation is 1. The van der Waals surface area contributed by atoms with E-state index in [4.69, 9.17) is 4.74 Å². The third-order valence-electron chi connectivity index (χ3n) is 5.01. The lowest BCUT2D eigenvalue weighted by molar-refractivity contribution is -0.116. The fourth-order valence-corrected chi connectivity index (χ4v) is 5.71. The van der Waals surface area contributed by atoms with Gasteiger partial charge in [0.25, 0.3) is 5.56 Å². The van der Waals surface area contributed by atoms with Gasteiger partial charge in [-0.05, 0) is 49.1 Å². The molecule has 7 nitrogen and oxygen atoms in total. The lowest BCUT2D eigenvalue weighted by atomic mass is 9.89. The van der Waals surface area contributed by atoms with Crippen LogP contribution in [0.25, 0.3) is 10.2 Å². The van der Waals surface area contributed by atoms with Crippen molar-refractivity contribution in [3.63, 3.8) is 0 Å². The molecule has 1 amide bonds. The molecule has 1 unspecified atom stereocenters. The zero-order valence-electron chi connectivity index (χ0n) is 16.2. The van der Waals surface area contributed by atoms with Crippen molar-refractivity contribution in [3.8, 4) is 0 Å². The van der Waals surface area contributed by atoms with E-state index in [2.05, 4.69) is 17.2 Å². The molecule has 29 heavy (non-hydrogen) atoms. The minimum absolute atomic E-state index is 0.164. The Morgan fingerprint density at radius 1 is 1.41 bits per heavy atom. The summed E-state index contributed by atoms with van der Waals surface area (Å²) < 4.78 is 6.33. The number of rotatable bonds is 5. The Balaban J connectivity index is 1.57. The molecule has 0 aliphatic heterocycles. The molecular formula is C20H21N3O4S2. The minimum atomic E-state index is -0.483. The monoisotopic (exact) mass is 431 g/mol. The van der Waals surface area contributed by atoms with E-state index in [1.165, 1.54) is 27.1 Å². The van der Waals surface area contributed by atoms with Gasteiger partial charge in [0.2, 0.25) is 5.91 Å². The number of esters is 1. The molecule has 3 heterocycles. The van der Waals surface area contributed by atoms with Crippen LogP contribution in [0.2, 0.25) is 0 Å². The first kappa shape index (κ1) is 19.8. The topological polar surface area (TPSA) is 90.3 Å². The summed E-state index contributed by atoms with van der Waals surface area (Å²) in [5.74, 6) is -0.259. The minimum Gasteiger partial charge on any atom is -0.462 e. The smallest absolute Gasteiger partial charge is 0.341 e. The molecule has 0 fully saturated rings. The molecule has 152 valence electrons. The molecule has 1 N–H and O–H groups in total. The van der Waals surface area contributed by atoms with Gasteiger partial charge < -0.3 is 10.1 Å². The number of hydrogen-bond acceptors (Lipinski definition) is 7. The van der Waals surface area contributed by atoms with Crippen molar-refractivity contribution < 1.29 is 14.3 Å². The summed E-state index contributed by atoms with van der Waals surface area (Å²) in [7, 11) is 0. The van der Waals surface area contributed by atoms with Crippen LogP contribution in [0.1, 0.15) is 41.1 Å². The maximum absolute atomic E-state index is 13.0. The number of anilines is 1.